The Morgan fingerprint density at radius 1 is 0.879 bits per heavy atom. The Kier molecular flexibility index (Phi) is 7.38. The molecule has 1 saturated heterocycles. The van der Waals surface area contributed by atoms with Crippen LogP contribution in [0.5, 0.6) is 5.75 Å². The van der Waals surface area contributed by atoms with E-state index in [9.17, 15) is 19.0 Å². The summed E-state index contributed by atoms with van der Waals surface area (Å²) in [6.07, 6.45) is 0.737. The Morgan fingerprint density at radius 2 is 1.39 bits per heavy atom. The minimum absolute atomic E-state index is 0.0298. The van der Waals surface area contributed by atoms with Crippen molar-refractivity contribution in [2.45, 2.75) is 24.5 Å². The maximum Gasteiger partial charge on any atom is 0.129 e. The largest absolute Gasteiger partial charge is 0.491 e. The SMILES string of the molecule is O[C@H](COc1cc(F)cc(F)c1)CN1CCC(C(O)(c2ccccc2)c2ccccc2)CC1. The number of nitrogens with zero attached hydrogens (tertiary/aromatic N) is 1. The van der Waals surface area contributed by atoms with Gasteiger partial charge in [-0.2, -0.15) is 0 Å². The van der Waals surface area contributed by atoms with Crippen LogP contribution in [0.15, 0.2) is 78.9 Å². The van der Waals surface area contributed by atoms with E-state index in [0.29, 0.717) is 6.54 Å². The van der Waals surface area contributed by atoms with E-state index < -0.39 is 23.3 Å². The second-order valence-corrected chi connectivity index (χ2v) is 8.64. The van der Waals surface area contributed by atoms with Crippen LogP contribution < -0.4 is 4.74 Å². The topological polar surface area (TPSA) is 52.9 Å². The number of hydrogen-bond acceptors (Lipinski definition) is 4. The fourth-order valence-electron chi connectivity index (χ4n) is 4.71. The molecule has 6 heteroatoms. The van der Waals surface area contributed by atoms with Gasteiger partial charge in [-0.3, -0.25) is 0 Å². The zero-order chi connectivity index (χ0) is 23.3. The minimum Gasteiger partial charge on any atom is -0.491 e. The van der Waals surface area contributed by atoms with Gasteiger partial charge < -0.3 is 19.8 Å². The molecule has 1 atom stereocenters. The highest BCUT2D eigenvalue weighted by molar-refractivity contribution is 5.37. The predicted octanol–water partition coefficient (Wildman–Crippen LogP) is 4.35. The number of piperidine rings is 1. The number of halogens is 2. The molecule has 1 fully saturated rings. The van der Waals surface area contributed by atoms with Crippen LogP contribution in [0, 0.1) is 17.6 Å². The maximum atomic E-state index is 13.3. The zero-order valence-electron chi connectivity index (χ0n) is 18.4. The summed E-state index contributed by atoms with van der Waals surface area (Å²) in [4.78, 5) is 2.13. The Morgan fingerprint density at radius 3 is 1.91 bits per heavy atom. The quantitative estimate of drug-likeness (QED) is 0.533. The molecular formula is C27H29F2NO3. The Balaban J connectivity index is 1.37. The summed E-state index contributed by atoms with van der Waals surface area (Å²) in [5, 5.41) is 22.3. The van der Waals surface area contributed by atoms with Crippen molar-refractivity contribution in [3.8, 4) is 5.75 Å². The van der Waals surface area contributed by atoms with Gasteiger partial charge in [-0.1, -0.05) is 60.7 Å². The van der Waals surface area contributed by atoms with Crippen molar-refractivity contribution in [3.05, 3.63) is 102 Å². The van der Waals surface area contributed by atoms with Crippen LogP contribution in [-0.4, -0.2) is 47.5 Å². The molecule has 174 valence electrons. The third-order valence-electron chi connectivity index (χ3n) is 6.35. The van der Waals surface area contributed by atoms with Crippen LogP contribution in [0.25, 0.3) is 0 Å². The molecule has 0 unspecified atom stereocenters. The summed E-state index contributed by atoms with van der Waals surface area (Å²) >= 11 is 0. The average Bonchev–Trinajstić information content (AvgIpc) is 2.83. The van der Waals surface area contributed by atoms with Crippen LogP contribution in [0.1, 0.15) is 24.0 Å². The first-order valence-electron chi connectivity index (χ1n) is 11.3. The summed E-state index contributed by atoms with van der Waals surface area (Å²) < 4.78 is 31.9. The molecule has 4 rings (SSSR count). The summed E-state index contributed by atoms with van der Waals surface area (Å²) in [6.45, 7) is 1.77. The lowest BCUT2D eigenvalue weighted by Gasteiger charge is -2.42. The van der Waals surface area contributed by atoms with Gasteiger partial charge in [0.05, 0.1) is 0 Å². The predicted molar refractivity (Wildman–Crippen MR) is 123 cm³/mol. The molecule has 0 bridgehead atoms. The molecule has 33 heavy (non-hydrogen) atoms. The van der Waals surface area contributed by atoms with E-state index in [1.165, 1.54) is 0 Å². The fraction of sp³-hybridized carbons (Fsp3) is 0.333. The molecule has 1 aliphatic rings. The Bertz CT molecular complexity index is 964. The molecule has 0 amide bonds. The van der Waals surface area contributed by atoms with Gasteiger partial charge in [0.2, 0.25) is 0 Å². The van der Waals surface area contributed by atoms with Crippen molar-refractivity contribution >= 4 is 0 Å². The molecule has 0 radical (unpaired) electrons. The van der Waals surface area contributed by atoms with Gasteiger partial charge >= 0.3 is 0 Å². The molecule has 0 saturated carbocycles. The van der Waals surface area contributed by atoms with E-state index in [4.69, 9.17) is 4.74 Å². The van der Waals surface area contributed by atoms with Crippen LogP contribution in [0.4, 0.5) is 8.78 Å². The first kappa shape index (κ1) is 23.4. The molecular weight excluding hydrogens is 424 g/mol. The number of rotatable bonds is 8. The number of aliphatic hydroxyl groups is 2. The molecule has 3 aromatic rings. The van der Waals surface area contributed by atoms with Crippen molar-refractivity contribution in [2.75, 3.05) is 26.2 Å². The van der Waals surface area contributed by atoms with Gasteiger partial charge in [-0.15, -0.1) is 0 Å². The summed E-state index contributed by atoms with van der Waals surface area (Å²) in [5.74, 6) is -1.35. The molecule has 1 aliphatic heterocycles. The van der Waals surface area contributed by atoms with Gasteiger partial charge in [-0.05, 0) is 43.0 Å². The highest BCUT2D eigenvalue weighted by atomic mass is 19.1. The second-order valence-electron chi connectivity index (χ2n) is 8.64. The highest BCUT2D eigenvalue weighted by Crippen LogP contribution is 2.41. The fourth-order valence-corrected chi connectivity index (χ4v) is 4.71. The average molecular weight is 454 g/mol. The number of benzene rings is 3. The van der Waals surface area contributed by atoms with Crippen LogP contribution in [0.3, 0.4) is 0 Å². The second kappa shape index (κ2) is 10.4. The molecule has 0 spiro atoms. The van der Waals surface area contributed by atoms with E-state index in [1.807, 2.05) is 60.7 Å². The van der Waals surface area contributed by atoms with Gasteiger partial charge in [-0.25, -0.2) is 8.78 Å². The normalized spacial score (nSPS) is 16.5. The van der Waals surface area contributed by atoms with Crippen LogP contribution in [-0.2, 0) is 5.60 Å². The van der Waals surface area contributed by atoms with Crippen molar-refractivity contribution in [1.29, 1.82) is 0 Å². The Hall–Kier alpha value is -2.80. The van der Waals surface area contributed by atoms with Crippen molar-refractivity contribution in [3.63, 3.8) is 0 Å². The van der Waals surface area contributed by atoms with E-state index in [0.717, 1.165) is 55.3 Å². The third-order valence-corrected chi connectivity index (χ3v) is 6.35. The highest BCUT2D eigenvalue weighted by Gasteiger charge is 2.41. The van der Waals surface area contributed by atoms with Gasteiger partial charge in [0, 0.05) is 24.7 Å². The number of likely N-dealkylation sites (tertiary alicyclic amines) is 1. The Labute approximate surface area is 193 Å². The zero-order valence-corrected chi connectivity index (χ0v) is 18.4. The lowest BCUT2D eigenvalue weighted by atomic mass is 9.72. The number of β-amino-alcohol motifs (C(OH)–C–C–N with tert-alkyl or cyclic N) is 1. The third kappa shape index (κ3) is 5.58. The summed E-state index contributed by atoms with van der Waals surface area (Å²) in [5.41, 5.74) is 0.674. The van der Waals surface area contributed by atoms with Crippen LogP contribution >= 0.6 is 0 Å². The molecule has 4 nitrogen and oxygen atoms in total. The lowest BCUT2D eigenvalue weighted by Crippen LogP contribution is -2.46. The number of hydrogen-bond donors (Lipinski definition) is 2. The maximum absolute atomic E-state index is 13.3. The molecule has 2 N–H and O–H groups in total. The van der Waals surface area contributed by atoms with Crippen LogP contribution in [0.2, 0.25) is 0 Å². The van der Waals surface area contributed by atoms with E-state index in [2.05, 4.69) is 4.90 Å². The van der Waals surface area contributed by atoms with Gasteiger partial charge in [0.1, 0.15) is 35.7 Å². The smallest absolute Gasteiger partial charge is 0.129 e. The van der Waals surface area contributed by atoms with Gasteiger partial charge in [0.15, 0.2) is 0 Å². The molecule has 0 aliphatic carbocycles. The van der Waals surface area contributed by atoms with Crippen molar-refractivity contribution in [2.24, 2.45) is 5.92 Å². The van der Waals surface area contributed by atoms with Crippen molar-refractivity contribution in [1.82, 2.24) is 4.90 Å². The molecule has 1 heterocycles. The standard InChI is InChI=1S/C27H29F2NO3/c28-23-15-24(29)17-26(16-23)33-19-25(31)18-30-13-11-22(12-14-30)27(32,20-7-3-1-4-8-20)21-9-5-2-6-10-21/h1-10,15-17,22,25,31-32H,11-14,18-19H2/t25-/m0/s1. The lowest BCUT2D eigenvalue weighted by molar-refractivity contribution is -0.0222. The van der Waals surface area contributed by atoms with E-state index >= 15 is 0 Å². The molecule has 3 aromatic carbocycles. The van der Waals surface area contributed by atoms with Gasteiger partial charge in [0.25, 0.3) is 0 Å². The molecule has 0 aromatic heterocycles. The summed E-state index contributed by atoms with van der Waals surface area (Å²) in [7, 11) is 0. The van der Waals surface area contributed by atoms with E-state index in [-0.39, 0.29) is 18.3 Å². The first-order valence-corrected chi connectivity index (χ1v) is 11.3. The number of ether oxygens (including phenoxy) is 1. The monoisotopic (exact) mass is 453 g/mol. The number of aliphatic hydroxyl groups excluding tert-OH is 1. The van der Waals surface area contributed by atoms with Crippen molar-refractivity contribution < 1.29 is 23.7 Å². The first-order chi connectivity index (χ1) is 15.9. The summed E-state index contributed by atoms with van der Waals surface area (Å²) in [6, 6.07) is 22.5. The van der Waals surface area contributed by atoms with E-state index in [1.54, 1.807) is 0 Å². The minimum atomic E-state index is -1.09.